The Bertz CT molecular complexity index is 740. The van der Waals surface area contributed by atoms with Gasteiger partial charge in [0.15, 0.2) is 10.1 Å². The molecule has 0 aliphatic rings. The van der Waals surface area contributed by atoms with Gasteiger partial charge in [0.2, 0.25) is 0 Å². The molecule has 1 N–H and O–H groups in total. The van der Waals surface area contributed by atoms with Crippen molar-refractivity contribution in [1.29, 1.82) is 0 Å². The molecule has 0 aliphatic heterocycles. The van der Waals surface area contributed by atoms with Crippen molar-refractivity contribution < 1.29 is 49.6 Å². The molecular weight excluding hydrogens is 597 g/mol. The Balaban J connectivity index is 3.29. The van der Waals surface area contributed by atoms with Crippen LogP contribution in [-0.2, 0) is 14.9 Å². The van der Waals surface area contributed by atoms with E-state index in [0.29, 0.717) is 0 Å². The summed E-state index contributed by atoms with van der Waals surface area (Å²) in [5, 5.41) is 3.55. The molecule has 0 heterocycles. The summed E-state index contributed by atoms with van der Waals surface area (Å²) >= 11 is 3.02. The summed E-state index contributed by atoms with van der Waals surface area (Å²) in [5.74, 6) is -2.26. The maximum atomic E-state index is 13.2. The van der Waals surface area contributed by atoms with E-state index in [1.807, 2.05) is 0 Å². The molecule has 0 aromatic heterocycles. The first-order valence-electron chi connectivity index (χ1n) is 5.38. The van der Waals surface area contributed by atoms with Crippen LogP contribution in [0.2, 0.25) is 0 Å². The number of hydrogen-bond acceptors (Lipinski definition) is 6. The molecule has 136 valence electrons. The molecule has 1 rings (SSSR count). The first-order valence-corrected chi connectivity index (χ1v) is 8.94. The van der Waals surface area contributed by atoms with Crippen LogP contribution in [0.15, 0.2) is 12.1 Å². The second-order valence-electron chi connectivity index (χ2n) is 4.13. The molecule has 1 aromatic rings. The van der Waals surface area contributed by atoms with Crippen LogP contribution in [0.4, 0.5) is 22.0 Å². The van der Waals surface area contributed by atoms with Crippen LogP contribution >= 0.6 is 45.2 Å². The number of carbonyl (C=O) groups excluding carboxylic acids is 1. The molecule has 0 saturated carbocycles. The van der Waals surface area contributed by atoms with Gasteiger partial charge in [-0.3, -0.25) is 0 Å². The molecule has 1 aromatic carbocycles. The summed E-state index contributed by atoms with van der Waals surface area (Å²) in [6.07, 6.45) is -10.5. The zero-order chi connectivity index (χ0) is 19.1. The van der Waals surface area contributed by atoms with Crippen molar-refractivity contribution in [3.63, 3.8) is 0 Å². The second-order valence-corrected chi connectivity index (χ2v) is 7.91. The molecule has 0 amide bonds. The van der Waals surface area contributed by atoms with E-state index in [1.165, 1.54) is 45.2 Å². The Labute approximate surface area is 158 Å². The minimum Gasteiger partial charge on any atom is -0.743 e. The van der Waals surface area contributed by atoms with Crippen LogP contribution in [0, 0.1) is 7.14 Å². The van der Waals surface area contributed by atoms with Crippen LogP contribution in [0.5, 0.6) is 5.75 Å². The van der Waals surface area contributed by atoms with E-state index in [0.717, 1.165) is 12.1 Å². The van der Waals surface area contributed by atoms with Gasteiger partial charge in [0.05, 0.1) is 12.7 Å². The van der Waals surface area contributed by atoms with Crippen LogP contribution in [0.1, 0.15) is 10.4 Å². The predicted molar refractivity (Wildman–Crippen MR) is 83.4 cm³/mol. The highest BCUT2D eigenvalue weighted by atomic mass is 127. The summed E-state index contributed by atoms with van der Waals surface area (Å²) in [7, 11) is -6.76. The minimum absolute atomic E-state index is 0.00165. The lowest BCUT2D eigenvalue weighted by atomic mass is 10.2. The monoisotopic (exact) mass is 601 g/mol. The molecule has 1 unspecified atom stereocenters. The number of phenols is 1. The van der Waals surface area contributed by atoms with Crippen molar-refractivity contribution in [1.82, 2.24) is 0 Å². The summed E-state index contributed by atoms with van der Waals surface area (Å²) in [6, 6.07) is 1.66. The Hall–Kier alpha value is -0.490. The summed E-state index contributed by atoms with van der Waals surface area (Å²) < 4.78 is 99.1. The summed E-state index contributed by atoms with van der Waals surface area (Å²) in [6.45, 7) is 0. The van der Waals surface area contributed by atoms with Gasteiger partial charge in [-0.2, -0.15) is 22.0 Å². The van der Waals surface area contributed by atoms with E-state index < -0.39 is 39.2 Å². The zero-order valence-corrected chi connectivity index (χ0v) is 15.9. The van der Waals surface area contributed by atoms with Crippen molar-refractivity contribution in [3.8, 4) is 5.75 Å². The van der Waals surface area contributed by atoms with Crippen LogP contribution in [0.3, 0.4) is 0 Å². The van der Waals surface area contributed by atoms with Gasteiger partial charge in [-0.25, -0.2) is 13.2 Å². The molecule has 1 atom stereocenters. The smallest absolute Gasteiger partial charge is 0.432 e. The highest BCUT2D eigenvalue weighted by molar-refractivity contribution is 14.1. The molecule has 0 radical (unpaired) electrons. The van der Waals surface area contributed by atoms with Gasteiger partial charge >= 0.3 is 17.4 Å². The lowest BCUT2D eigenvalue weighted by molar-refractivity contribution is -0.248. The minimum atomic E-state index is -6.76. The number of phenolic OH excluding ortho intramolecular Hbond substituents is 1. The summed E-state index contributed by atoms with van der Waals surface area (Å²) in [5.41, 5.74) is -0.657. The molecule has 0 bridgehead atoms. The van der Waals surface area contributed by atoms with Crippen LogP contribution in [0.25, 0.3) is 0 Å². The zero-order valence-electron chi connectivity index (χ0n) is 10.8. The van der Waals surface area contributed by atoms with Gasteiger partial charge in [-0.15, -0.1) is 0 Å². The van der Waals surface area contributed by atoms with Crippen molar-refractivity contribution in [2.45, 2.75) is 17.5 Å². The Kier molecular flexibility index (Phi) is 6.31. The van der Waals surface area contributed by atoms with E-state index in [4.69, 9.17) is 0 Å². The highest BCUT2D eigenvalue weighted by Gasteiger charge is 2.63. The molecule has 6 nitrogen and oxygen atoms in total. The fraction of sp³-hybridized carbons (Fsp3) is 0.300. The van der Waals surface area contributed by atoms with E-state index >= 15 is 0 Å². The SMILES string of the molecule is O=C(OC(C(F)(F)F)C(F)(F)S(=O)(=O)[O-])c1cc(I)c(O)c(I)c1. The van der Waals surface area contributed by atoms with Crippen molar-refractivity contribution in [2.24, 2.45) is 0 Å². The van der Waals surface area contributed by atoms with Gasteiger partial charge in [-0.05, 0) is 57.3 Å². The lowest BCUT2D eigenvalue weighted by Crippen LogP contribution is -2.52. The van der Waals surface area contributed by atoms with E-state index in [9.17, 15) is 44.8 Å². The fourth-order valence-electron chi connectivity index (χ4n) is 1.32. The number of aromatic hydroxyl groups is 1. The second kappa shape index (κ2) is 7.02. The first-order chi connectivity index (χ1) is 10.6. The third kappa shape index (κ3) is 4.57. The van der Waals surface area contributed by atoms with E-state index in [2.05, 4.69) is 4.74 Å². The topological polar surface area (TPSA) is 104 Å². The highest BCUT2D eigenvalue weighted by Crippen LogP contribution is 2.38. The molecule has 0 saturated heterocycles. The first kappa shape index (κ1) is 21.6. The van der Waals surface area contributed by atoms with Crippen molar-refractivity contribution in [3.05, 3.63) is 24.8 Å². The molecule has 0 fully saturated rings. The maximum absolute atomic E-state index is 13.2. The molecule has 14 heteroatoms. The van der Waals surface area contributed by atoms with Crippen molar-refractivity contribution in [2.75, 3.05) is 0 Å². The molecule has 24 heavy (non-hydrogen) atoms. The average molecular weight is 601 g/mol. The Morgan fingerprint density at radius 3 is 1.92 bits per heavy atom. The van der Waals surface area contributed by atoms with Gasteiger partial charge < -0.3 is 14.4 Å². The van der Waals surface area contributed by atoms with Crippen molar-refractivity contribution >= 4 is 61.3 Å². The van der Waals surface area contributed by atoms with Gasteiger partial charge in [0.25, 0.3) is 6.10 Å². The number of esters is 1. The quantitative estimate of drug-likeness (QED) is 0.247. The average Bonchev–Trinajstić information content (AvgIpc) is 2.38. The standard InChI is InChI=1S/C10H5F5I2O6S/c11-9(12,13)8(10(14,15)24(20,21)22)23-7(19)3-1-4(16)6(18)5(17)2-3/h1-2,8,18H,(H,20,21,22)/p-1. The normalized spacial score (nSPS) is 14.3. The maximum Gasteiger partial charge on any atom is 0.432 e. The third-order valence-electron chi connectivity index (χ3n) is 2.41. The van der Waals surface area contributed by atoms with Gasteiger partial charge in [0, 0.05) is 0 Å². The predicted octanol–water partition coefficient (Wildman–Crippen LogP) is 2.83. The molecular formula is C10H4F5I2O6S-. The lowest BCUT2D eigenvalue weighted by Gasteiger charge is -2.29. The van der Waals surface area contributed by atoms with E-state index in [-0.39, 0.29) is 12.9 Å². The number of carbonyl (C=O) groups is 1. The van der Waals surface area contributed by atoms with Gasteiger partial charge in [-0.1, -0.05) is 0 Å². The number of halogens is 7. The molecule has 0 spiro atoms. The number of benzene rings is 1. The summed E-state index contributed by atoms with van der Waals surface area (Å²) in [4.78, 5) is 11.7. The Morgan fingerprint density at radius 2 is 1.58 bits per heavy atom. The third-order valence-corrected chi connectivity index (χ3v) is 4.94. The van der Waals surface area contributed by atoms with E-state index in [1.54, 1.807) is 0 Å². The number of rotatable bonds is 4. The molecule has 0 aliphatic carbocycles. The Morgan fingerprint density at radius 1 is 1.17 bits per heavy atom. The number of hydrogen-bond donors (Lipinski definition) is 1. The largest absolute Gasteiger partial charge is 0.743 e. The fourth-order valence-corrected chi connectivity index (χ4v) is 3.53. The van der Waals surface area contributed by atoms with Gasteiger partial charge in [0.1, 0.15) is 5.75 Å². The number of ether oxygens (including phenoxy) is 1. The van der Waals surface area contributed by atoms with Crippen LogP contribution < -0.4 is 0 Å². The number of alkyl halides is 5. The van der Waals surface area contributed by atoms with Crippen LogP contribution in [-0.4, -0.2) is 41.6 Å².